The smallest absolute Gasteiger partial charge is 0.209 e. The second-order valence-corrected chi connectivity index (χ2v) is 6.36. The first-order valence-electron chi connectivity index (χ1n) is 3.83. The fourth-order valence-corrected chi connectivity index (χ4v) is 2.34. The lowest BCUT2D eigenvalue weighted by atomic mass is 10.2. The molecule has 0 spiro atoms. The number of hydrogen-bond donors (Lipinski definition) is 1. The normalized spacial score (nSPS) is 11.6. The molecule has 3 nitrogen and oxygen atoms in total. The first-order chi connectivity index (χ1) is 6.38. The van der Waals surface area contributed by atoms with Gasteiger partial charge >= 0.3 is 0 Å². The predicted octanol–water partition coefficient (Wildman–Crippen LogP) is 2.04. The Hall–Kier alpha value is 0.0900. The third-order valence-corrected chi connectivity index (χ3v) is 3.70. The minimum Gasteiger partial charge on any atom is -0.229 e. The van der Waals surface area contributed by atoms with Crippen LogP contribution in [0.3, 0.4) is 0 Å². The highest BCUT2D eigenvalue weighted by molar-refractivity contribution is 9.11. The second kappa shape index (κ2) is 4.74. The molecule has 0 radical (unpaired) electrons. The number of benzene rings is 1. The van der Waals surface area contributed by atoms with Crippen molar-refractivity contribution in [2.75, 3.05) is 5.75 Å². The molecular formula is C8H9Br2NO2S. The van der Waals surface area contributed by atoms with Gasteiger partial charge in [0.05, 0.1) is 5.75 Å². The Morgan fingerprint density at radius 1 is 1.29 bits per heavy atom. The van der Waals surface area contributed by atoms with Crippen molar-refractivity contribution < 1.29 is 8.42 Å². The van der Waals surface area contributed by atoms with Gasteiger partial charge in [-0.2, -0.15) is 0 Å². The molecule has 78 valence electrons. The van der Waals surface area contributed by atoms with Crippen molar-refractivity contribution in [2.45, 2.75) is 6.42 Å². The van der Waals surface area contributed by atoms with E-state index in [1.54, 1.807) is 0 Å². The number of sulfonamides is 1. The molecule has 0 bridgehead atoms. The van der Waals surface area contributed by atoms with Gasteiger partial charge in [-0.3, -0.25) is 0 Å². The Bertz CT molecular complexity index is 431. The molecule has 0 aliphatic rings. The molecule has 0 unspecified atom stereocenters. The first-order valence-corrected chi connectivity index (χ1v) is 7.13. The lowest BCUT2D eigenvalue weighted by Gasteiger charge is -2.03. The topological polar surface area (TPSA) is 60.2 Å². The van der Waals surface area contributed by atoms with E-state index in [2.05, 4.69) is 31.9 Å². The molecule has 0 aliphatic carbocycles. The van der Waals surface area contributed by atoms with Crippen LogP contribution in [0.5, 0.6) is 0 Å². The van der Waals surface area contributed by atoms with Crippen LogP contribution < -0.4 is 5.14 Å². The minimum absolute atomic E-state index is 0.0396. The van der Waals surface area contributed by atoms with Crippen LogP contribution in [0.15, 0.2) is 27.1 Å². The average molecular weight is 343 g/mol. The summed E-state index contributed by atoms with van der Waals surface area (Å²) in [6, 6.07) is 5.61. The van der Waals surface area contributed by atoms with Gasteiger partial charge in [0.25, 0.3) is 0 Å². The zero-order valence-electron chi connectivity index (χ0n) is 7.20. The van der Waals surface area contributed by atoms with Crippen molar-refractivity contribution in [1.29, 1.82) is 0 Å². The van der Waals surface area contributed by atoms with Gasteiger partial charge in [0.1, 0.15) is 0 Å². The Morgan fingerprint density at radius 2 is 1.93 bits per heavy atom. The van der Waals surface area contributed by atoms with Crippen LogP contribution in [0.2, 0.25) is 0 Å². The van der Waals surface area contributed by atoms with Crippen molar-refractivity contribution in [3.8, 4) is 0 Å². The molecule has 0 heterocycles. The fraction of sp³-hybridized carbons (Fsp3) is 0.250. The molecule has 14 heavy (non-hydrogen) atoms. The monoisotopic (exact) mass is 341 g/mol. The molecule has 0 saturated carbocycles. The molecule has 1 aromatic carbocycles. The lowest BCUT2D eigenvalue weighted by Crippen LogP contribution is -2.18. The third kappa shape index (κ3) is 4.08. The molecule has 0 amide bonds. The summed E-state index contributed by atoms with van der Waals surface area (Å²) in [6.07, 6.45) is 0.416. The Labute approximate surface area is 100.0 Å². The number of rotatable bonds is 3. The number of aryl methyl sites for hydroxylation is 1. The zero-order chi connectivity index (χ0) is 10.8. The van der Waals surface area contributed by atoms with E-state index in [0.717, 1.165) is 14.5 Å². The third-order valence-electron chi connectivity index (χ3n) is 1.66. The van der Waals surface area contributed by atoms with Crippen molar-refractivity contribution in [2.24, 2.45) is 5.14 Å². The summed E-state index contributed by atoms with van der Waals surface area (Å²) in [5.41, 5.74) is 0.924. The molecule has 0 aliphatic heterocycles. The first kappa shape index (κ1) is 12.2. The summed E-state index contributed by atoms with van der Waals surface area (Å²) >= 11 is 6.66. The molecule has 0 atom stereocenters. The van der Waals surface area contributed by atoms with E-state index in [-0.39, 0.29) is 5.75 Å². The maximum absolute atomic E-state index is 10.8. The standard InChI is InChI=1S/C8H9Br2NO2S/c9-7-1-2-8(10)6(5-7)3-4-14(11,12)13/h1-2,5H,3-4H2,(H2,11,12,13). The fourth-order valence-electron chi connectivity index (χ4n) is 0.987. The van der Waals surface area contributed by atoms with Gasteiger partial charge < -0.3 is 0 Å². The number of hydrogen-bond acceptors (Lipinski definition) is 2. The van der Waals surface area contributed by atoms with E-state index >= 15 is 0 Å². The molecule has 1 aromatic rings. The van der Waals surface area contributed by atoms with E-state index in [0.29, 0.717) is 6.42 Å². The highest BCUT2D eigenvalue weighted by Gasteiger charge is 2.06. The molecule has 0 saturated heterocycles. The summed E-state index contributed by atoms with van der Waals surface area (Å²) in [4.78, 5) is 0. The van der Waals surface area contributed by atoms with Gasteiger partial charge in [-0.05, 0) is 30.2 Å². The largest absolute Gasteiger partial charge is 0.229 e. The number of nitrogens with two attached hydrogens (primary N) is 1. The van der Waals surface area contributed by atoms with Crippen LogP contribution >= 0.6 is 31.9 Å². The van der Waals surface area contributed by atoms with Gasteiger partial charge in [0, 0.05) is 8.95 Å². The molecule has 0 fully saturated rings. The van der Waals surface area contributed by atoms with E-state index in [9.17, 15) is 8.42 Å². The van der Waals surface area contributed by atoms with Crippen LogP contribution in [-0.2, 0) is 16.4 Å². The molecule has 6 heteroatoms. The average Bonchev–Trinajstić information content (AvgIpc) is 2.05. The Morgan fingerprint density at radius 3 is 2.50 bits per heavy atom. The predicted molar refractivity (Wildman–Crippen MR) is 63.5 cm³/mol. The van der Waals surface area contributed by atoms with Crippen molar-refractivity contribution in [3.63, 3.8) is 0 Å². The van der Waals surface area contributed by atoms with Crippen LogP contribution in [0.25, 0.3) is 0 Å². The highest BCUT2D eigenvalue weighted by Crippen LogP contribution is 2.22. The van der Waals surface area contributed by atoms with Gasteiger partial charge in [-0.15, -0.1) is 0 Å². The summed E-state index contributed by atoms with van der Waals surface area (Å²) in [5, 5.41) is 4.92. The molecule has 1 rings (SSSR count). The summed E-state index contributed by atoms with van der Waals surface area (Å²) < 4.78 is 23.3. The zero-order valence-corrected chi connectivity index (χ0v) is 11.2. The Kier molecular flexibility index (Phi) is 4.12. The molecule has 2 N–H and O–H groups in total. The van der Waals surface area contributed by atoms with Gasteiger partial charge in [-0.1, -0.05) is 31.9 Å². The van der Waals surface area contributed by atoms with Crippen molar-refractivity contribution in [1.82, 2.24) is 0 Å². The number of primary sulfonamides is 1. The van der Waals surface area contributed by atoms with Gasteiger partial charge in [-0.25, -0.2) is 13.6 Å². The maximum atomic E-state index is 10.8. The van der Waals surface area contributed by atoms with Crippen LogP contribution in [0.1, 0.15) is 5.56 Å². The van der Waals surface area contributed by atoms with Crippen LogP contribution in [0, 0.1) is 0 Å². The van der Waals surface area contributed by atoms with Crippen molar-refractivity contribution >= 4 is 41.9 Å². The minimum atomic E-state index is -3.39. The van der Waals surface area contributed by atoms with E-state index in [1.807, 2.05) is 18.2 Å². The molecule has 0 aromatic heterocycles. The van der Waals surface area contributed by atoms with Crippen LogP contribution in [-0.4, -0.2) is 14.2 Å². The van der Waals surface area contributed by atoms with Crippen LogP contribution in [0.4, 0.5) is 0 Å². The maximum Gasteiger partial charge on any atom is 0.209 e. The molecular weight excluding hydrogens is 334 g/mol. The summed E-state index contributed by atoms with van der Waals surface area (Å²) in [5.74, 6) is -0.0396. The van der Waals surface area contributed by atoms with Crippen molar-refractivity contribution in [3.05, 3.63) is 32.7 Å². The highest BCUT2D eigenvalue weighted by atomic mass is 79.9. The van der Waals surface area contributed by atoms with Gasteiger partial charge in [0.2, 0.25) is 10.0 Å². The summed E-state index contributed by atoms with van der Waals surface area (Å²) in [6.45, 7) is 0. The quantitative estimate of drug-likeness (QED) is 0.913. The SMILES string of the molecule is NS(=O)(=O)CCc1cc(Br)ccc1Br. The second-order valence-electron chi connectivity index (χ2n) is 2.85. The summed E-state index contributed by atoms with van der Waals surface area (Å²) in [7, 11) is -3.39. The lowest BCUT2D eigenvalue weighted by molar-refractivity contribution is 0.597. The Balaban J connectivity index is 2.81. The number of halogens is 2. The van der Waals surface area contributed by atoms with E-state index < -0.39 is 10.0 Å². The van der Waals surface area contributed by atoms with E-state index in [4.69, 9.17) is 5.14 Å². The van der Waals surface area contributed by atoms with E-state index in [1.165, 1.54) is 0 Å². The van der Waals surface area contributed by atoms with Gasteiger partial charge in [0.15, 0.2) is 0 Å².